The van der Waals surface area contributed by atoms with Crippen molar-refractivity contribution in [3.05, 3.63) is 17.7 Å². The van der Waals surface area contributed by atoms with Gasteiger partial charge in [-0.1, -0.05) is 0 Å². The van der Waals surface area contributed by atoms with Crippen LogP contribution in [0.5, 0.6) is 0 Å². The first-order valence-corrected chi connectivity index (χ1v) is 5.42. The summed E-state index contributed by atoms with van der Waals surface area (Å²) < 4.78 is 2.25. The Morgan fingerprint density at radius 2 is 2.29 bits per heavy atom. The standard InChI is InChI=1S/C11H19N3/c1-8(6-12-11-4-5-11)14-7-13-9(2)10(14)3/h7-8,11-12H,4-6H2,1-3H3. The van der Waals surface area contributed by atoms with Crippen molar-refractivity contribution in [2.24, 2.45) is 0 Å². The zero-order valence-corrected chi connectivity index (χ0v) is 9.25. The summed E-state index contributed by atoms with van der Waals surface area (Å²) in [4.78, 5) is 4.32. The Kier molecular flexibility index (Phi) is 2.59. The lowest BCUT2D eigenvalue weighted by Gasteiger charge is -2.15. The van der Waals surface area contributed by atoms with Gasteiger partial charge < -0.3 is 9.88 Å². The predicted molar refractivity (Wildman–Crippen MR) is 57.4 cm³/mol. The highest BCUT2D eigenvalue weighted by Crippen LogP contribution is 2.20. The van der Waals surface area contributed by atoms with Gasteiger partial charge in [-0.05, 0) is 33.6 Å². The molecule has 0 aromatic carbocycles. The Morgan fingerprint density at radius 1 is 1.57 bits per heavy atom. The molecule has 1 aromatic heterocycles. The van der Waals surface area contributed by atoms with Gasteiger partial charge in [-0.2, -0.15) is 0 Å². The van der Waals surface area contributed by atoms with E-state index in [1.165, 1.54) is 18.5 Å². The van der Waals surface area contributed by atoms with Crippen molar-refractivity contribution in [1.29, 1.82) is 0 Å². The maximum absolute atomic E-state index is 4.32. The highest BCUT2D eigenvalue weighted by Gasteiger charge is 2.21. The van der Waals surface area contributed by atoms with Crippen molar-refractivity contribution in [2.75, 3.05) is 6.54 Å². The molecule has 14 heavy (non-hydrogen) atoms. The molecule has 1 aliphatic rings. The van der Waals surface area contributed by atoms with E-state index in [0.717, 1.165) is 18.3 Å². The smallest absolute Gasteiger partial charge is 0.0954 e. The fourth-order valence-electron chi connectivity index (χ4n) is 1.68. The maximum atomic E-state index is 4.32. The van der Waals surface area contributed by atoms with Crippen LogP contribution in [0.15, 0.2) is 6.33 Å². The summed E-state index contributed by atoms with van der Waals surface area (Å²) in [7, 11) is 0. The first-order valence-electron chi connectivity index (χ1n) is 5.42. The van der Waals surface area contributed by atoms with Crippen LogP contribution < -0.4 is 5.32 Å². The van der Waals surface area contributed by atoms with Gasteiger partial charge in [0, 0.05) is 24.3 Å². The second-order valence-corrected chi connectivity index (χ2v) is 4.35. The predicted octanol–water partition coefficient (Wildman–Crippen LogP) is 1.81. The highest BCUT2D eigenvalue weighted by atomic mass is 15.1. The summed E-state index contributed by atoms with van der Waals surface area (Å²) in [6, 6.07) is 1.30. The van der Waals surface area contributed by atoms with E-state index in [-0.39, 0.29) is 0 Å². The molecule has 1 N–H and O–H groups in total. The third-order valence-electron chi connectivity index (χ3n) is 3.04. The second-order valence-electron chi connectivity index (χ2n) is 4.35. The van der Waals surface area contributed by atoms with Gasteiger partial charge in [0.1, 0.15) is 0 Å². The molecule has 0 aliphatic heterocycles. The van der Waals surface area contributed by atoms with E-state index < -0.39 is 0 Å². The van der Waals surface area contributed by atoms with Crippen LogP contribution in [0, 0.1) is 13.8 Å². The minimum atomic E-state index is 0.511. The number of hydrogen-bond donors (Lipinski definition) is 1. The molecule has 1 saturated carbocycles. The van der Waals surface area contributed by atoms with Gasteiger partial charge in [0.2, 0.25) is 0 Å². The summed E-state index contributed by atoms with van der Waals surface area (Å²) >= 11 is 0. The zero-order chi connectivity index (χ0) is 10.1. The van der Waals surface area contributed by atoms with Crippen LogP contribution in [0.1, 0.15) is 37.2 Å². The minimum absolute atomic E-state index is 0.511. The summed E-state index contributed by atoms with van der Waals surface area (Å²) in [6.45, 7) is 7.49. The molecule has 3 nitrogen and oxygen atoms in total. The monoisotopic (exact) mass is 193 g/mol. The minimum Gasteiger partial charge on any atom is -0.331 e. The average molecular weight is 193 g/mol. The van der Waals surface area contributed by atoms with Crippen LogP contribution in [0.3, 0.4) is 0 Å². The number of hydrogen-bond acceptors (Lipinski definition) is 2. The van der Waals surface area contributed by atoms with E-state index in [1.807, 2.05) is 6.33 Å². The number of rotatable bonds is 4. The van der Waals surface area contributed by atoms with Crippen molar-refractivity contribution in [2.45, 2.75) is 45.7 Å². The Bertz CT molecular complexity index is 312. The van der Waals surface area contributed by atoms with Gasteiger partial charge >= 0.3 is 0 Å². The summed E-state index contributed by atoms with van der Waals surface area (Å²) in [5.41, 5.74) is 2.43. The number of aromatic nitrogens is 2. The van der Waals surface area contributed by atoms with Gasteiger partial charge in [-0.15, -0.1) is 0 Å². The summed E-state index contributed by atoms with van der Waals surface area (Å²) in [5, 5.41) is 3.54. The van der Waals surface area contributed by atoms with Gasteiger partial charge in [-0.3, -0.25) is 0 Å². The van der Waals surface area contributed by atoms with Gasteiger partial charge in [0.05, 0.1) is 12.0 Å². The molecular formula is C11H19N3. The Labute approximate surface area is 85.5 Å². The van der Waals surface area contributed by atoms with Crippen LogP contribution in [0.2, 0.25) is 0 Å². The van der Waals surface area contributed by atoms with Crippen molar-refractivity contribution >= 4 is 0 Å². The first-order chi connectivity index (χ1) is 6.68. The van der Waals surface area contributed by atoms with E-state index >= 15 is 0 Å². The van der Waals surface area contributed by atoms with Crippen molar-refractivity contribution in [3.8, 4) is 0 Å². The van der Waals surface area contributed by atoms with E-state index in [1.54, 1.807) is 0 Å². The normalized spacial score (nSPS) is 18.5. The lowest BCUT2D eigenvalue weighted by Crippen LogP contribution is -2.25. The molecule has 0 saturated heterocycles. The lowest BCUT2D eigenvalue weighted by atomic mass is 10.3. The molecule has 1 aromatic rings. The molecule has 0 amide bonds. The second kappa shape index (κ2) is 3.73. The molecule has 0 spiro atoms. The average Bonchev–Trinajstić information content (AvgIpc) is 2.92. The number of nitrogens with one attached hydrogen (secondary N) is 1. The van der Waals surface area contributed by atoms with Gasteiger partial charge in [0.25, 0.3) is 0 Å². The number of nitrogens with zero attached hydrogens (tertiary/aromatic N) is 2. The zero-order valence-electron chi connectivity index (χ0n) is 9.25. The molecule has 2 rings (SSSR count). The Balaban J connectivity index is 1.95. The molecule has 0 radical (unpaired) electrons. The van der Waals surface area contributed by atoms with Crippen LogP contribution in [0.25, 0.3) is 0 Å². The Morgan fingerprint density at radius 3 is 2.79 bits per heavy atom. The van der Waals surface area contributed by atoms with Crippen LogP contribution >= 0.6 is 0 Å². The van der Waals surface area contributed by atoms with E-state index in [4.69, 9.17) is 0 Å². The largest absolute Gasteiger partial charge is 0.331 e. The highest BCUT2D eigenvalue weighted by molar-refractivity contribution is 5.09. The number of aryl methyl sites for hydroxylation is 1. The van der Waals surface area contributed by atoms with E-state index in [9.17, 15) is 0 Å². The number of imidazole rings is 1. The molecule has 1 unspecified atom stereocenters. The third kappa shape index (κ3) is 1.98. The van der Waals surface area contributed by atoms with Crippen molar-refractivity contribution in [1.82, 2.24) is 14.9 Å². The maximum Gasteiger partial charge on any atom is 0.0954 e. The van der Waals surface area contributed by atoms with Crippen molar-refractivity contribution in [3.63, 3.8) is 0 Å². The first kappa shape index (κ1) is 9.71. The molecule has 1 fully saturated rings. The fraction of sp³-hybridized carbons (Fsp3) is 0.727. The molecule has 3 heteroatoms. The fourth-order valence-corrected chi connectivity index (χ4v) is 1.68. The molecular weight excluding hydrogens is 174 g/mol. The molecule has 1 aliphatic carbocycles. The van der Waals surface area contributed by atoms with Gasteiger partial charge in [0.15, 0.2) is 0 Å². The van der Waals surface area contributed by atoms with E-state index in [2.05, 4.69) is 35.6 Å². The molecule has 78 valence electrons. The quantitative estimate of drug-likeness (QED) is 0.790. The molecule has 0 bridgehead atoms. The van der Waals surface area contributed by atoms with Crippen LogP contribution in [-0.4, -0.2) is 22.1 Å². The lowest BCUT2D eigenvalue weighted by molar-refractivity contribution is 0.484. The van der Waals surface area contributed by atoms with Crippen LogP contribution in [0.4, 0.5) is 0 Å². The Hall–Kier alpha value is -0.830. The summed E-state index contributed by atoms with van der Waals surface area (Å²) in [6.07, 6.45) is 4.66. The topological polar surface area (TPSA) is 29.9 Å². The van der Waals surface area contributed by atoms with Crippen molar-refractivity contribution < 1.29 is 0 Å². The molecule has 1 heterocycles. The molecule has 1 atom stereocenters. The third-order valence-corrected chi connectivity index (χ3v) is 3.04. The van der Waals surface area contributed by atoms with Crippen LogP contribution in [-0.2, 0) is 0 Å². The van der Waals surface area contributed by atoms with Gasteiger partial charge in [-0.25, -0.2) is 4.98 Å². The SMILES string of the molecule is Cc1ncn(C(C)CNC2CC2)c1C. The van der Waals surface area contributed by atoms with E-state index in [0.29, 0.717) is 6.04 Å². The summed E-state index contributed by atoms with van der Waals surface area (Å²) in [5.74, 6) is 0.